The first-order valence-electron chi connectivity index (χ1n) is 7.43. The topological polar surface area (TPSA) is 68.3 Å². The van der Waals surface area contributed by atoms with Crippen LogP contribution in [0.15, 0.2) is 53.6 Å². The molecule has 0 spiro atoms. The number of esters is 1. The molecule has 1 atom stereocenters. The summed E-state index contributed by atoms with van der Waals surface area (Å²) >= 11 is 7.51. The van der Waals surface area contributed by atoms with Crippen LogP contribution in [0.2, 0.25) is 5.15 Å². The molecule has 25 heavy (non-hydrogen) atoms. The number of hydrogen-bond donors (Lipinski definition) is 1. The Morgan fingerprint density at radius 3 is 2.64 bits per heavy atom. The third kappa shape index (κ3) is 5.92. The molecule has 0 aliphatic heterocycles. The van der Waals surface area contributed by atoms with Crippen LogP contribution in [0.3, 0.4) is 0 Å². The van der Waals surface area contributed by atoms with Crippen molar-refractivity contribution in [3.05, 3.63) is 59.4 Å². The second-order valence-corrected chi connectivity index (χ2v) is 6.25. The van der Waals surface area contributed by atoms with Gasteiger partial charge in [-0.1, -0.05) is 23.7 Å². The van der Waals surface area contributed by atoms with E-state index in [4.69, 9.17) is 16.3 Å². The summed E-state index contributed by atoms with van der Waals surface area (Å²) in [5, 5.41) is 2.73. The van der Waals surface area contributed by atoms with Crippen LogP contribution in [0.4, 0.5) is 5.69 Å². The van der Waals surface area contributed by atoms with E-state index in [1.807, 2.05) is 30.5 Å². The lowest BCUT2D eigenvalue weighted by atomic mass is 10.2. The molecule has 0 unspecified atom stereocenters. The number of aromatic nitrogens is 1. The zero-order valence-corrected chi connectivity index (χ0v) is 15.3. The largest absolute Gasteiger partial charge is 0.449 e. The molecule has 5 nitrogen and oxygen atoms in total. The maximum Gasteiger partial charge on any atom is 0.331 e. The van der Waals surface area contributed by atoms with Gasteiger partial charge >= 0.3 is 5.97 Å². The Bertz CT molecular complexity index is 778. The van der Waals surface area contributed by atoms with Gasteiger partial charge in [-0.15, -0.1) is 11.8 Å². The molecular weight excluding hydrogens is 360 g/mol. The molecule has 130 valence electrons. The van der Waals surface area contributed by atoms with Gasteiger partial charge in [-0.2, -0.15) is 0 Å². The molecule has 0 saturated heterocycles. The predicted molar refractivity (Wildman–Crippen MR) is 101 cm³/mol. The molecule has 7 heteroatoms. The Morgan fingerprint density at radius 1 is 1.28 bits per heavy atom. The normalized spacial score (nSPS) is 12.0. The lowest BCUT2D eigenvalue weighted by Gasteiger charge is -2.12. The third-order valence-corrected chi connectivity index (χ3v) is 4.25. The number of nitrogens with one attached hydrogen (secondary N) is 1. The van der Waals surface area contributed by atoms with Crippen molar-refractivity contribution in [3.63, 3.8) is 0 Å². The lowest BCUT2D eigenvalue weighted by Crippen LogP contribution is -2.29. The highest BCUT2D eigenvalue weighted by molar-refractivity contribution is 7.98. The molecule has 1 heterocycles. The first-order chi connectivity index (χ1) is 12.0. The number of ether oxygens (including phenoxy) is 1. The Hall–Kier alpha value is -2.31. The minimum atomic E-state index is -0.965. The lowest BCUT2D eigenvalue weighted by molar-refractivity contribution is -0.148. The molecule has 1 amide bonds. The number of hydrogen-bond acceptors (Lipinski definition) is 5. The van der Waals surface area contributed by atoms with Crippen LogP contribution >= 0.6 is 23.4 Å². The summed E-state index contributed by atoms with van der Waals surface area (Å²) in [6.45, 7) is 1.48. The summed E-state index contributed by atoms with van der Waals surface area (Å²) < 4.78 is 5.09. The van der Waals surface area contributed by atoms with Gasteiger partial charge in [0, 0.05) is 17.2 Å². The van der Waals surface area contributed by atoms with Crippen LogP contribution < -0.4 is 5.32 Å². The first-order valence-corrected chi connectivity index (χ1v) is 9.04. The van der Waals surface area contributed by atoms with Gasteiger partial charge in [0.15, 0.2) is 11.3 Å². The van der Waals surface area contributed by atoms with Crippen molar-refractivity contribution >= 4 is 47.0 Å². The number of carbonyl (C=O) groups is 2. The second-order valence-electron chi connectivity index (χ2n) is 5.02. The number of benzene rings is 1. The molecule has 1 aromatic carbocycles. The Kier molecular flexibility index (Phi) is 7.03. The molecule has 0 saturated carbocycles. The molecule has 2 aromatic rings. The van der Waals surface area contributed by atoms with E-state index in [0.29, 0.717) is 5.69 Å². The second kappa shape index (κ2) is 9.25. The minimum Gasteiger partial charge on any atom is -0.449 e. The van der Waals surface area contributed by atoms with Crippen molar-refractivity contribution < 1.29 is 14.3 Å². The quantitative estimate of drug-likeness (QED) is 0.356. The van der Waals surface area contributed by atoms with E-state index < -0.39 is 18.0 Å². The summed E-state index contributed by atoms with van der Waals surface area (Å²) in [6, 6.07) is 11.0. The van der Waals surface area contributed by atoms with Gasteiger partial charge in [0.25, 0.3) is 5.91 Å². The number of rotatable bonds is 6. The monoisotopic (exact) mass is 376 g/mol. The van der Waals surface area contributed by atoms with Gasteiger partial charge in [-0.25, -0.2) is 9.78 Å². The van der Waals surface area contributed by atoms with Crippen molar-refractivity contribution in [2.24, 2.45) is 0 Å². The van der Waals surface area contributed by atoms with E-state index in [1.54, 1.807) is 30.0 Å². The molecule has 0 bridgehead atoms. The van der Waals surface area contributed by atoms with Crippen LogP contribution in [0.1, 0.15) is 12.5 Å². The number of pyridine rings is 1. The van der Waals surface area contributed by atoms with Crippen molar-refractivity contribution in [1.29, 1.82) is 0 Å². The average molecular weight is 377 g/mol. The predicted octanol–water partition coefficient (Wildman–Crippen LogP) is 4.04. The van der Waals surface area contributed by atoms with Gasteiger partial charge in [0.1, 0.15) is 0 Å². The van der Waals surface area contributed by atoms with Crippen molar-refractivity contribution in [1.82, 2.24) is 4.98 Å². The summed E-state index contributed by atoms with van der Waals surface area (Å²) in [7, 11) is 0. The SMILES string of the molecule is CSc1ccc(/C=C/C(=O)O[C@H](C)C(=O)Nc2cccnc2Cl)cc1. The van der Waals surface area contributed by atoms with Gasteiger partial charge < -0.3 is 10.1 Å². The Labute approximate surface area is 155 Å². The molecule has 0 aliphatic rings. The molecule has 1 N–H and O–H groups in total. The van der Waals surface area contributed by atoms with Gasteiger partial charge in [-0.3, -0.25) is 4.79 Å². The Morgan fingerprint density at radius 2 is 2.00 bits per heavy atom. The zero-order valence-electron chi connectivity index (χ0n) is 13.7. The zero-order chi connectivity index (χ0) is 18.2. The molecule has 0 aliphatic carbocycles. The Balaban J connectivity index is 1.89. The van der Waals surface area contributed by atoms with Crippen LogP contribution in [-0.4, -0.2) is 29.2 Å². The smallest absolute Gasteiger partial charge is 0.331 e. The summed E-state index contributed by atoms with van der Waals surface area (Å²) in [6.07, 6.45) is 5.46. The molecule has 2 rings (SSSR count). The van der Waals surface area contributed by atoms with Gasteiger partial charge in [0.05, 0.1) is 5.69 Å². The first kappa shape index (κ1) is 19.0. The van der Waals surface area contributed by atoms with Crippen molar-refractivity contribution in [2.45, 2.75) is 17.9 Å². The van der Waals surface area contributed by atoms with Gasteiger partial charge in [-0.05, 0) is 49.1 Å². The highest BCUT2D eigenvalue weighted by Gasteiger charge is 2.17. The van der Waals surface area contributed by atoms with E-state index in [2.05, 4.69) is 10.3 Å². The fourth-order valence-electron chi connectivity index (χ4n) is 1.86. The van der Waals surface area contributed by atoms with Crippen LogP contribution in [0, 0.1) is 0 Å². The molecule has 1 aromatic heterocycles. The van der Waals surface area contributed by atoms with E-state index in [0.717, 1.165) is 10.5 Å². The highest BCUT2D eigenvalue weighted by atomic mass is 35.5. The fraction of sp³-hybridized carbons (Fsp3) is 0.167. The molecular formula is C18H17ClN2O3S. The standard InChI is InChI=1S/C18H17ClN2O3S/c1-12(18(23)21-15-4-3-11-20-17(15)19)24-16(22)10-7-13-5-8-14(25-2)9-6-13/h3-12H,1-2H3,(H,21,23)/b10-7+/t12-/m1/s1. The van der Waals surface area contributed by atoms with Crippen LogP contribution in [0.5, 0.6) is 0 Å². The van der Waals surface area contributed by atoms with Crippen LogP contribution in [-0.2, 0) is 14.3 Å². The number of anilines is 1. The third-order valence-electron chi connectivity index (χ3n) is 3.21. The van der Waals surface area contributed by atoms with E-state index in [9.17, 15) is 9.59 Å². The maximum absolute atomic E-state index is 12.0. The van der Waals surface area contributed by atoms with E-state index in [1.165, 1.54) is 19.2 Å². The van der Waals surface area contributed by atoms with Gasteiger partial charge in [0.2, 0.25) is 0 Å². The van der Waals surface area contributed by atoms with Crippen LogP contribution in [0.25, 0.3) is 6.08 Å². The molecule has 0 radical (unpaired) electrons. The fourth-order valence-corrected chi connectivity index (χ4v) is 2.43. The molecule has 0 fully saturated rings. The number of nitrogens with zero attached hydrogens (tertiary/aromatic N) is 1. The number of amides is 1. The number of carbonyl (C=O) groups excluding carboxylic acids is 2. The van der Waals surface area contributed by atoms with E-state index in [-0.39, 0.29) is 5.15 Å². The maximum atomic E-state index is 12.0. The summed E-state index contributed by atoms with van der Waals surface area (Å²) in [4.78, 5) is 28.9. The summed E-state index contributed by atoms with van der Waals surface area (Å²) in [5.41, 5.74) is 1.23. The number of thioether (sulfide) groups is 1. The average Bonchev–Trinajstić information content (AvgIpc) is 2.62. The minimum absolute atomic E-state index is 0.169. The highest BCUT2D eigenvalue weighted by Crippen LogP contribution is 2.18. The van der Waals surface area contributed by atoms with E-state index >= 15 is 0 Å². The summed E-state index contributed by atoms with van der Waals surface area (Å²) in [5.74, 6) is -1.09. The van der Waals surface area contributed by atoms with Crippen molar-refractivity contribution in [3.8, 4) is 0 Å². The van der Waals surface area contributed by atoms with Crippen molar-refractivity contribution in [2.75, 3.05) is 11.6 Å². The number of halogens is 1.